The van der Waals surface area contributed by atoms with Gasteiger partial charge in [-0.3, -0.25) is 4.79 Å². The van der Waals surface area contributed by atoms with E-state index in [2.05, 4.69) is 9.10 Å². The van der Waals surface area contributed by atoms with Crippen LogP contribution in [0.5, 0.6) is 0 Å². The van der Waals surface area contributed by atoms with Crippen LogP contribution in [0.1, 0.15) is 6.92 Å². The van der Waals surface area contributed by atoms with Gasteiger partial charge in [0.05, 0.1) is 21.9 Å². The van der Waals surface area contributed by atoms with E-state index in [1.54, 1.807) is 6.07 Å². The Morgan fingerprint density at radius 3 is 2.89 bits per heavy atom. The van der Waals surface area contributed by atoms with Gasteiger partial charge in [0.1, 0.15) is 0 Å². The third-order valence-electron chi connectivity index (χ3n) is 2.34. The van der Waals surface area contributed by atoms with E-state index in [-0.39, 0.29) is 16.2 Å². The number of nitrogens with one attached hydrogen (secondary N) is 2. The Bertz CT molecular complexity index is 715. The molecule has 0 bridgehead atoms. The molecule has 0 amide bonds. The summed E-state index contributed by atoms with van der Waals surface area (Å²) in [6, 6.07) is 4.29. The highest BCUT2D eigenvalue weighted by atomic mass is 32.2. The van der Waals surface area contributed by atoms with Gasteiger partial charge in [0.15, 0.2) is 0 Å². The number of fused-ring (bicyclic) bond motifs is 1. The smallest absolute Gasteiger partial charge is 0.257 e. The van der Waals surface area contributed by atoms with Gasteiger partial charge in [-0.05, 0) is 36.7 Å². The average Bonchev–Trinajstić information content (AvgIpc) is 2.68. The molecule has 1 unspecified atom stereocenters. The van der Waals surface area contributed by atoms with Crippen LogP contribution >= 0.6 is 11.5 Å². The second kappa shape index (κ2) is 4.81. The highest BCUT2D eigenvalue weighted by Crippen LogP contribution is 2.16. The summed E-state index contributed by atoms with van der Waals surface area (Å²) in [5.41, 5.74) is 0.611. The zero-order valence-corrected chi connectivity index (χ0v) is 11.1. The minimum absolute atomic E-state index is 0.0135. The summed E-state index contributed by atoms with van der Waals surface area (Å²) in [5.74, 6) is 0. The van der Waals surface area contributed by atoms with Crippen molar-refractivity contribution in [2.24, 2.45) is 0 Å². The van der Waals surface area contributed by atoms with Gasteiger partial charge in [-0.25, -0.2) is 13.1 Å². The van der Waals surface area contributed by atoms with E-state index in [0.29, 0.717) is 10.9 Å². The zero-order chi connectivity index (χ0) is 13.3. The second-order valence-electron chi connectivity index (χ2n) is 3.90. The lowest BCUT2D eigenvalue weighted by Crippen LogP contribution is -2.30. The molecule has 0 saturated carbocycles. The normalized spacial score (nSPS) is 13.9. The van der Waals surface area contributed by atoms with E-state index in [1.165, 1.54) is 19.1 Å². The Morgan fingerprint density at radius 2 is 2.22 bits per heavy atom. The highest BCUT2D eigenvalue weighted by Gasteiger charge is 2.16. The third kappa shape index (κ3) is 2.61. The maximum atomic E-state index is 11.9. The maximum Gasteiger partial charge on any atom is 0.257 e. The molecule has 1 aromatic carbocycles. The predicted octanol–water partition coefficient (Wildman–Crippen LogP) is 0.249. The molecule has 1 aromatic heterocycles. The Balaban J connectivity index is 2.41. The van der Waals surface area contributed by atoms with Crippen LogP contribution in [-0.2, 0) is 10.0 Å². The van der Waals surface area contributed by atoms with Crippen molar-refractivity contribution in [1.82, 2.24) is 9.10 Å². The van der Waals surface area contributed by atoms with E-state index in [4.69, 9.17) is 5.11 Å². The fourth-order valence-corrected chi connectivity index (χ4v) is 3.23. The molecular weight excluding hydrogens is 276 g/mol. The molecule has 3 N–H and O–H groups in total. The number of hydrogen-bond acceptors (Lipinski definition) is 5. The first-order chi connectivity index (χ1) is 8.40. The monoisotopic (exact) mass is 288 g/mol. The van der Waals surface area contributed by atoms with Gasteiger partial charge in [0.25, 0.3) is 4.74 Å². The predicted molar refractivity (Wildman–Crippen MR) is 69.3 cm³/mol. The lowest BCUT2D eigenvalue weighted by atomic mass is 10.3. The van der Waals surface area contributed by atoms with E-state index < -0.39 is 16.1 Å². The molecule has 0 fully saturated rings. The van der Waals surface area contributed by atoms with Crippen molar-refractivity contribution in [3.05, 3.63) is 27.7 Å². The summed E-state index contributed by atoms with van der Waals surface area (Å²) in [4.78, 5) is 11.5. The number of aliphatic hydroxyl groups is 1. The maximum absolute atomic E-state index is 11.9. The van der Waals surface area contributed by atoms with Gasteiger partial charge in [0.2, 0.25) is 10.0 Å². The molecule has 0 aliphatic heterocycles. The number of hydrogen-bond donors (Lipinski definition) is 3. The minimum Gasteiger partial charge on any atom is -0.392 e. The topological polar surface area (TPSA) is 99.3 Å². The van der Waals surface area contributed by atoms with Crippen LogP contribution < -0.4 is 9.46 Å². The first-order valence-electron chi connectivity index (χ1n) is 5.19. The van der Waals surface area contributed by atoms with E-state index >= 15 is 0 Å². The number of aromatic amines is 1. The number of H-pyrrole nitrogens is 1. The summed E-state index contributed by atoms with van der Waals surface area (Å²) in [6.45, 7) is 1.41. The van der Waals surface area contributed by atoms with Gasteiger partial charge in [0, 0.05) is 6.54 Å². The van der Waals surface area contributed by atoms with Crippen LogP contribution in [0.2, 0.25) is 0 Å². The van der Waals surface area contributed by atoms with Crippen molar-refractivity contribution in [2.45, 2.75) is 17.9 Å². The summed E-state index contributed by atoms with van der Waals surface area (Å²) < 4.78 is 28.6. The lowest BCUT2D eigenvalue weighted by molar-refractivity contribution is 0.198. The van der Waals surface area contributed by atoms with Gasteiger partial charge in [-0.15, -0.1) is 0 Å². The van der Waals surface area contributed by atoms with E-state index in [0.717, 1.165) is 11.5 Å². The van der Waals surface area contributed by atoms with Crippen LogP contribution in [0.15, 0.2) is 27.9 Å². The molecule has 0 aliphatic rings. The molecule has 0 spiro atoms. The van der Waals surface area contributed by atoms with Crippen LogP contribution in [0.25, 0.3) is 10.9 Å². The first-order valence-corrected chi connectivity index (χ1v) is 7.49. The molecule has 2 aromatic rings. The molecule has 0 aliphatic carbocycles. The lowest BCUT2D eigenvalue weighted by Gasteiger charge is -2.08. The first kappa shape index (κ1) is 13.2. The van der Waals surface area contributed by atoms with Gasteiger partial charge < -0.3 is 9.48 Å². The van der Waals surface area contributed by atoms with Crippen LogP contribution in [-0.4, -0.2) is 30.5 Å². The van der Waals surface area contributed by atoms with Crippen molar-refractivity contribution in [3.8, 4) is 0 Å². The van der Waals surface area contributed by atoms with Crippen molar-refractivity contribution in [3.63, 3.8) is 0 Å². The SMILES string of the molecule is CC(O)CNS(=O)(=O)c1ccc2[nH]sc(=O)c2c1. The molecule has 18 heavy (non-hydrogen) atoms. The van der Waals surface area contributed by atoms with Gasteiger partial charge >= 0.3 is 0 Å². The molecule has 98 valence electrons. The largest absolute Gasteiger partial charge is 0.392 e. The summed E-state index contributed by atoms with van der Waals surface area (Å²) >= 11 is 0.919. The quantitative estimate of drug-likeness (QED) is 0.751. The Hall–Kier alpha value is -1.22. The molecule has 2 rings (SSSR count). The zero-order valence-electron chi connectivity index (χ0n) is 9.50. The number of aromatic nitrogens is 1. The molecule has 1 atom stereocenters. The Labute approximate surface area is 107 Å². The molecular formula is C10H12N2O4S2. The fourth-order valence-electron chi connectivity index (χ4n) is 1.42. The molecule has 0 radical (unpaired) electrons. The number of benzene rings is 1. The number of aliphatic hydroxyl groups excluding tert-OH is 1. The number of rotatable bonds is 4. The highest BCUT2D eigenvalue weighted by molar-refractivity contribution is 7.89. The van der Waals surface area contributed by atoms with E-state index in [9.17, 15) is 13.2 Å². The molecule has 8 heteroatoms. The van der Waals surface area contributed by atoms with Crippen molar-refractivity contribution in [2.75, 3.05) is 6.54 Å². The second-order valence-corrected chi connectivity index (χ2v) is 6.45. The van der Waals surface area contributed by atoms with Crippen molar-refractivity contribution in [1.29, 1.82) is 0 Å². The standard InChI is InChI=1S/C10H12N2O4S2/c1-6(13)5-11-18(15,16)7-2-3-9-8(4-7)10(14)17-12-9/h2-4,6,11-13H,5H2,1H3. The minimum atomic E-state index is -3.70. The van der Waals surface area contributed by atoms with Crippen molar-refractivity contribution >= 4 is 32.5 Å². The van der Waals surface area contributed by atoms with Gasteiger partial charge in [-0.1, -0.05) is 0 Å². The molecule has 0 saturated heterocycles. The van der Waals surface area contributed by atoms with Crippen LogP contribution in [0.4, 0.5) is 0 Å². The van der Waals surface area contributed by atoms with Crippen LogP contribution in [0.3, 0.4) is 0 Å². The fraction of sp³-hybridized carbons (Fsp3) is 0.300. The van der Waals surface area contributed by atoms with Crippen LogP contribution in [0, 0.1) is 0 Å². The third-order valence-corrected chi connectivity index (χ3v) is 4.49. The van der Waals surface area contributed by atoms with E-state index in [1.807, 2.05) is 0 Å². The molecule has 1 heterocycles. The summed E-state index contributed by atoms with van der Waals surface area (Å²) in [7, 11) is -3.70. The van der Waals surface area contributed by atoms with Crippen molar-refractivity contribution < 1.29 is 13.5 Å². The Kier molecular flexibility index (Phi) is 3.53. The number of sulfonamides is 1. The average molecular weight is 288 g/mol. The summed E-state index contributed by atoms with van der Waals surface area (Å²) in [6.07, 6.45) is -0.770. The van der Waals surface area contributed by atoms with Gasteiger partial charge in [-0.2, -0.15) is 0 Å². The Morgan fingerprint density at radius 1 is 1.50 bits per heavy atom. The summed E-state index contributed by atoms with van der Waals surface area (Å²) in [5, 5.41) is 9.41. The molecule has 6 nitrogen and oxygen atoms in total.